The van der Waals surface area contributed by atoms with E-state index in [1.54, 1.807) is 11.8 Å². The maximum Gasteiger partial charge on any atom is 0.228 e. The van der Waals surface area contributed by atoms with Crippen LogP contribution in [0.5, 0.6) is 0 Å². The second kappa shape index (κ2) is 8.85. The Hall–Kier alpha value is -1.33. The number of nitrogens with zero attached hydrogens (tertiary/aromatic N) is 2. The molecule has 4 nitrogen and oxygen atoms in total. The summed E-state index contributed by atoms with van der Waals surface area (Å²) in [5, 5.41) is 7.54. The van der Waals surface area contributed by atoms with E-state index in [2.05, 4.69) is 41.4 Å². The summed E-state index contributed by atoms with van der Waals surface area (Å²) >= 11 is 1.73. The van der Waals surface area contributed by atoms with E-state index in [1.807, 2.05) is 18.2 Å². The molecule has 0 bridgehead atoms. The number of benzene rings is 1. The highest BCUT2D eigenvalue weighted by Crippen LogP contribution is 2.21. The van der Waals surface area contributed by atoms with Gasteiger partial charge < -0.3 is 9.84 Å². The van der Waals surface area contributed by atoms with Crippen LogP contribution in [0.25, 0.3) is 0 Å². The van der Waals surface area contributed by atoms with Gasteiger partial charge in [0.1, 0.15) is 0 Å². The molecular weight excluding hydrogens is 282 g/mol. The molecule has 1 aromatic heterocycles. The summed E-state index contributed by atoms with van der Waals surface area (Å²) in [5.74, 6) is 2.25. The quantitative estimate of drug-likeness (QED) is 0.716. The van der Waals surface area contributed by atoms with Crippen molar-refractivity contribution in [2.45, 2.75) is 49.8 Å². The van der Waals surface area contributed by atoms with Gasteiger partial charge in [-0.05, 0) is 25.1 Å². The predicted molar refractivity (Wildman–Crippen MR) is 86.4 cm³/mol. The first-order valence-corrected chi connectivity index (χ1v) is 8.53. The van der Waals surface area contributed by atoms with E-state index in [1.165, 1.54) is 4.90 Å². The molecule has 1 atom stereocenters. The number of nitrogens with one attached hydrogen (secondary N) is 1. The highest BCUT2D eigenvalue weighted by atomic mass is 32.2. The van der Waals surface area contributed by atoms with Gasteiger partial charge >= 0.3 is 0 Å². The van der Waals surface area contributed by atoms with E-state index in [-0.39, 0.29) is 0 Å². The fraction of sp³-hybridized carbons (Fsp3) is 0.500. The molecule has 2 aromatic rings. The number of likely N-dealkylation sites (N-methyl/N-ethyl adjacent to an activating group) is 1. The van der Waals surface area contributed by atoms with Crippen molar-refractivity contribution in [2.75, 3.05) is 6.54 Å². The summed E-state index contributed by atoms with van der Waals surface area (Å²) in [6, 6.07) is 10.7. The average molecular weight is 305 g/mol. The van der Waals surface area contributed by atoms with E-state index < -0.39 is 0 Å². The first kappa shape index (κ1) is 16.0. The molecule has 5 heteroatoms. The van der Waals surface area contributed by atoms with Gasteiger partial charge in [-0.15, -0.1) is 11.8 Å². The summed E-state index contributed by atoms with van der Waals surface area (Å²) < 4.78 is 5.36. The van der Waals surface area contributed by atoms with E-state index in [0.29, 0.717) is 6.04 Å². The second-order valence-corrected chi connectivity index (χ2v) is 6.00. The third kappa shape index (κ3) is 5.52. The summed E-state index contributed by atoms with van der Waals surface area (Å²) in [7, 11) is 0. The Balaban J connectivity index is 1.85. The van der Waals surface area contributed by atoms with Crippen molar-refractivity contribution in [2.24, 2.45) is 0 Å². The van der Waals surface area contributed by atoms with Crippen LogP contribution in [0, 0.1) is 0 Å². The molecule has 1 N–H and O–H groups in total. The Morgan fingerprint density at radius 1 is 1.24 bits per heavy atom. The van der Waals surface area contributed by atoms with E-state index in [9.17, 15) is 0 Å². The molecule has 0 saturated heterocycles. The van der Waals surface area contributed by atoms with Crippen LogP contribution in [0.2, 0.25) is 0 Å². The fourth-order valence-electron chi connectivity index (χ4n) is 2.22. The predicted octanol–water partition coefficient (Wildman–Crippen LogP) is 3.68. The first-order chi connectivity index (χ1) is 10.3. The van der Waals surface area contributed by atoms with Crippen LogP contribution in [-0.2, 0) is 12.2 Å². The molecule has 2 rings (SSSR count). The van der Waals surface area contributed by atoms with Gasteiger partial charge in [0.2, 0.25) is 5.89 Å². The first-order valence-electron chi connectivity index (χ1n) is 7.54. The van der Waals surface area contributed by atoms with Gasteiger partial charge in [0.15, 0.2) is 5.82 Å². The Morgan fingerprint density at radius 2 is 2.05 bits per heavy atom. The van der Waals surface area contributed by atoms with Crippen LogP contribution in [0.4, 0.5) is 0 Å². The minimum absolute atomic E-state index is 0.426. The van der Waals surface area contributed by atoms with Crippen LogP contribution < -0.4 is 5.32 Å². The Kier molecular flexibility index (Phi) is 6.76. The molecule has 114 valence electrons. The van der Waals surface area contributed by atoms with Crippen molar-refractivity contribution in [3.05, 3.63) is 42.0 Å². The molecule has 1 aromatic carbocycles. The smallest absolute Gasteiger partial charge is 0.228 e. The molecule has 0 fully saturated rings. The zero-order chi connectivity index (χ0) is 14.9. The second-order valence-electron chi connectivity index (χ2n) is 4.95. The standard InChI is InChI=1S/C16H23N3OS/c1-3-8-13(17-4-2)11-16-18-15(19-20-16)12-21-14-9-6-5-7-10-14/h5-7,9-10,13,17H,3-4,8,11-12H2,1-2H3. The molecule has 0 aliphatic rings. The van der Waals surface area contributed by atoms with Crippen molar-refractivity contribution in [1.29, 1.82) is 0 Å². The van der Waals surface area contributed by atoms with Gasteiger partial charge in [-0.25, -0.2) is 0 Å². The van der Waals surface area contributed by atoms with E-state index in [4.69, 9.17) is 4.52 Å². The number of hydrogen-bond acceptors (Lipinski definition) is 5. The third-order valence-electron chi connectivity index (χ3n) is 3.17. The lowest BCUT2D eigenvalue weighted by Gasteiger charge is -2.14. The van der Waals surface area contributed by atoms with Crippen molar-refractivity contribution in [3.63, 3.8) is 0 Å². The summed E-state index contributed by atoms with van der Waals surface area (Å²) in [5.41, 5.74) is 0. The normalized spacial score (nSPS) is 12.5. The molecule has 1 heterocycles. The minimum Gasteiger partial charge on any atom is -0.339 e. The minimum atomic E-state index is 0.426. The highest BCUT2D eigenvalue weighted by molar-refractivity contribution is 7.98. The van der Waals surface area contributed by atoms with Crippen LogP contribution in [0.15, 0.2) is 39.8 Å². The highest BCUT2D eigenvalue weighted by Gasteiger charge is 2.13. The molecule has 0 radical (unpaired) electrons. The van der Waals surface area contributed by atoms with Crippen molar-refractivity contribution < 1.29 is 4.52 Å². The monoisotopic (exact) mass is 305 g/mol. The largest absolute Gasteiger partial charge is 0.339 e. The van der Waals surface area contributed by atoms with Gasteiger partial charge in [0.25, 0.3) is 0 Å². The molecule has 0 amide bonds. The molecule has 0 saturated carbocycles. The lowest BCUT2D eigenvalue weighted by atomic mass is 10.1. The van der Waals surface area contributed by atoms with Gasteiger partial charge in [-0.1, -0.05) is 43.6 Å². The van der Waals surface area contributed by atoms with Crippen molar-refractivity contribution in [3.8, 4) is 0 Å². The molecule has 0 aliphatic carbocycles. The van der Waals surface area contributed by atoms with Crippen LogP contribution >= 0.6 is 11.8 Å². The molecular formula is C16H23N3OS. The molecule has 0 aliphatic heterocycles. The zero-order valence-corrected chi connectivity index (χ0v) is 13.5. The lowest BCUT2D eigenvalue weighted by molar-refractivity contribution is 0.349. The van der Waals surface area contributed by atoms with Crippen LogP contribution in [0.3, 0.4) is 0 Å². The SMILES string of the molecule is CCCC(Cc1nc(CSc2ccccc2)no1)NCC. The maximum absolute atomic E-state index is 5.36. The van der Waals surface area contributed by atoms with E-state index in [0.717, 1.165) is 43.3 Å². The van der Waals surface area contributed by atoms with Gasteiger partial charge in [0.05, 0.1) is 5.75 Å². The number of aromatic nitrogens is 2. The molecule has 21 heavy (non-hydrogen) atoms. The van der Waals surface area contributed by atoms with Crippen LogP contribution in [0.1, 0.15) is 38.4 Å². The van der Waals surface area contributed by atoms with Crippen molar-refractivity contribution >= 4 is 11.8 Å². The molecule has 1 unspecified atom stereocenters. The zero-order valence-electron chi connectivity index (χ0n) is 12.7. The maximum atomic E-state index is 5.36. The lowest BCUT2D eigenvalue weighted by Crippen LogP contribution is -2.30. The number of rotatable bonds is 9. The molecule has 0 spiro atoms. The summed E-state index contributed by atoms with van der Waals surface area (Å²) in [4.78, 5) is 5.71. The third-order valence-corrected chi connectivity index (χ3v) is 4.18. The van der Waals surface area contributed by atoms with Crippen LogP contribution in [-0.4, -0.2) is 22.7 Å². The number of thioether (sulfide) groups is 1. The Bertz CT molecular complexity index is 509. The van der Waals surface area contributed by atoms with Crippen molar-refractivity contribution in [1.82, 2.24) is 15.5 Å². The van der Waals surface area contributed by atoms with Gasteiger partial charge in [-0.2, -0.15) is 4.98 Å². The van der Waals surface area contributed by atoms with Gasteiger partial charge in [-0.3, -0.25) is 0 Å². The van der Waals surface area contributed by atoms with Gasteiger partial charge in [0, 0.05) is 17.4 Å². The summed E-state index contributed by atoms with van der Waals surface area (Å²) in [6.45, 7) is 5.29. The summed E-state index contributed by atoms with van der Waals surface area (Å²) in [6.07, 6.45) is 3.09. The van der Waals surface area contributed by atoms with E-state index >= 15 is 0 Å². The topological polar surface area (TPSA) is 51.0 Å². The average Bonchev–Trinajstić information content (AvgIpc) is 2.94. The fourth-order valence-corrected chi connectivity index (χ4v) is 2.98. The Morgan fingerprint density at radius 3 is 2.76 bits per heavy atom. The Labute approximate surface area is 130 Å². The number of hydrogen-bond donors (Lipinski definition) is 1.